The monoisotopic (exact) mass is 353 g/mol. The molecule has 1 atom stereocenters. The van der Waals surface area contributed by atoms with Crippen molar-refractivity contribution in [1.29, 1.82) is 0 Å². The van der Waals surface area contributed by atoms with Crippen molar-refractivity contribution in [3.63, 3.8) is 0 Å². The highest BCUT2D eigenvalue weighted by molar-refractivity contribution is 7.10. The van der Waals surface area contributed by atoms with Gasteiger partial charge in [-0.25, -0.2) is 4.98 Å². The van der Waals surface area contributed by atoms with E-state index in [9.17, 15) is 9.59 Å². The van der Waals surface area contributed by atoms with Crippen LogP contribution in [-0.2, 0) is 11.3 Å². The molecule has 0 unspecified atom stereocenters. The molecule has 1 amide bonds. The Labute approximate surface area is 149 Å². The summed E-state index contributed by atoms with van der Waals surface area (Å²) < 4.78 is 1.42. The quantitative estimate of drug-likeness (QED) is 0.727. The van der Waals surface area contributed by atoms with E-state index in [1.807, 2.05) is 35.4 Å². The van der Waals surface area contributed by atoms with Gasteiger partial charge in [-0.2, -0.15) is 0 Å². The first-order valence-corrected chi connectivity index (χ1v) is 9.31. The zero-order chi connectivity index (χ0) is 17.4. The van der Waals surface area contributed by atoms with E-state index in [0.29, 0.717) is 10.9 Å². The molecule has 0 spiro atoms. The molecule has 0 N–H and O–H groups in total. The van der Waals surface area contributed by atoms with Crippen molar-refractivity contribution in [1.82, 2.24) is 14.5 Å². The molecule has 128 valence electrons. The summed E-state index contributed by atoms with van der Waals surface area (Å²) in [5, 5.41) is 2.60. The average molecular weight is 353 g/mol. The van der Waals surface area contributed by atoms with E-state index in [2.05, 4.69) is 11.1 Å². The van der Waals surface area contributed by atoms with Gasteiger partial charge >= 0.3 is 0 Å². The lowest BCUT2D eigenvalue weighted by Crippen LogP contribution is -2.36. The van der Waals surface area contributed by atoms with E-state index in [-0.39, 0.29) is 24.1 Å². The molecule has 0 saturated carbocycles. The van der Waals surface area contributed by atoms with Crippen LogP contribution in [0.2, 0.25) is 0 Å². The van der Waals surface area contributed by atoms with Crippen LogP contribution in [0.4, 0.5) is 0 Å². The third-order valence-corrected chi connectivity index (χ3v) is 5.78. The molecule has 6 heteroatoms. The number of hydrogen-bond acceptors (Lipinski definition) is 4. The number of rotatable bonds is 3. The van der Waals surface area contributed by atoms with Gasteiger partial charge in [-0.15, -0.1) is 11.3 Å². The largest absolute Gasteiger partial charge is 0.333 e. The minimum absolute atomic E-state index is 0.0215. The van der Waals surface area contributed by atoms with Crippen molar-refractivity contribution in [3.8, 4) is 0 Å². The number of nitrogens with zero attached hydrogens (tertiary/aromatic N) is 3. The highest BCUT2D eigenvalue weighted by atomic mass is 32.1. The van der Waals surface area contributed by atoms with Crippen LogP contribution in [0, 0.1) is 6.92 Å². The van der Waals surface area contributed by atoms with E-state index in [0.717, 1.165) is 24.9 Å². The van der Waals surface area contributed by atoms with Crippen molar-refractivity contribution >= 4 is 28.1 Å². The van der Waals surface area contributed by atoms with Gasteiger partial charge in [0.05, 0.1) is 23.3 Å². The van der Waals surface area contributed by atoms with Crippen molar-refractivity contribution in [2.24, 2.45) is 0 Å². The van der Waals surface area contributed by atoms with E-state index in [1.54, 1.807) is 17.4 Å². The van der Waals surface area contributed by atoms with Crippen LogP contribution in [0.5, 0.6) is 0 Å². The van der Waals surface area contributed by atoms with Crippen LogP contribution in [-0.4, -0.2) is 26.9 Å². The zero-order valence-corrected chi connectivity index (χ0v) is 14.8. The van der Waals surface area contributed by atoms with Gasteiger partial charge < -0.3 is 4.90 Å². The van der Waals surface area contributed by atoms with E-state index < -0.39 is 0 Å². The van der Waals surface area contributed by atoms with Gasteiger partial charge in [-0.1, -0.05) is 18.2 Å². The van der Waals surface area contributed by atoms with Gasteiger partial charge in [0.2, 0.25) is 5.91 Å². The number of aromatic nitrogens is 2. The molecule has 4 rings (SSSR count). The van der Waals surface area contributed by atoms with Gasteiger partial charge in [0, 0.05) is 11.4 Å². The number of carbonyl (C=O) groups is 1. The van der Waals surface area contributed by atoms with Crippen molar-refractivity contribution in [2.45, 2.75) is 32.4 Å². The molecular weight excluding hydrogens is 334 g/mol. The summed E-state index contributed by atoms with van der Waals surface area (Å²) in [6.45, 7) is 2.72. The molecule has 2 aromatic heterocycles. The third kappa shape index (κ3) is 2.87. The normalized spacial score (nSPS) is 17.3. The highest BCUT2D eigenvalue weighted by Crippen LogP contribution is 2.34. The summed E-state index contributed by atoms with van der Waals surface area (Å²) in [4.78, 5) is 33.0. The summed E-state index contributed by atoms with van der Waals surface area (Å²) in [5.41, 5.74) is 1.51. The Kier molecular flexibility index (Phi) is 4.13. The maximum Gasteiger partial charge on any atom is 0.261 e. The lowest BCUT2D eigenvalue weighted by atomic mass is 10.1. The number of amides is 1. The molecule has 0 aliphatic carbocycles. The second kappa shape index (κ2) is 6.44. The number of likely N-dealkylation sites (tertiary alicyclic amines) is 1. The highest BCUT2D eigenvalue weighted by Gasteiger charge is 2.30. The Balaban J connectivity index is 1.62. The number of benzene rings is 1. The molecule has 3 aromatic rings. The van der Waals surface area contributed by atoms with E-state index in [1.165, 1.54) is 15.8 Å². The van der Waals surface area contributed by atoms with Crippen molar-refractivity contribution in [2.75, 3.05) is 6.54 Å². The number of para-hydroxylation sites is 1. The molecule has 25 heavy (non-hydrogen) atoms. The van der Waals surface area contributed by atoms with Gasteiger partial charge in [-0.05, 0) is 42.8 Å². The van der Waals surface area contributed by atoms with Gasteiger partial charge in [-0.3, -0.25) is 14.2 Å². The molecule has 0 radical (unpaired) electrons. The Morgan fingerprint density at radius 1 is 1.32 bits per heavy atom. The molecular formula is C19H19N3O2S. The molecule has 5 nitrogen and oxygen atoms in total. The van der Waals surface area contributed by atoms with Gasteiger partial charge in [0.1, 0.15) is 6.54 Å². The van der Waals surface area contributed by atoms with E-state index >= 15 is 0 Å². The lowest BCUT2D eigenvalue weighted by Gasteiger charge is -2.24. The fourth-order valence-corrected chi connectivity index (χ4v) is 4.40. The Morgan fingerprint density at radius 2 is 2.20 bits per heavy atom. The summed E-state index contributed by atoms with van der Waals surface area (Å²) in [7, 11) is 0. The molecule has 1 fully saturated rings. The summed E-state index contributed by atoms with van der Waals surface area (Å²) >= 11 is 1.68. The van der Waals surface area contributed by atoms with Gasteiger partial charge in [0.25, 0.3) is 5.56 Å². The molecule has 1 aliphatic rings. The minimum Gasteiger partial charge on any atom is -0.333 e. The van der Waals surface area contributed by atoms with Gasteiger partial charge in [0.15, 0.2) is 0 Å². The second-order valence-corrected chi connectivity index (χ2v) is 7.39. The number of aryl methyl sites for hydroxylation is 1. The predicted octanol–water partition coefficient (Wildman–Crippen LogP) is 3.13. The van der Waals surface area contributed by atoms with Crippen molar-refractivity contribution in [3.05, 3.63) is 62.8 Å². The summed E-state index contributed by atoms with van der Waals surface area (Å²) in [6.07, 6.45) is 3.47. The Bertz CT molecular complexity index is 978. The van der Waals surface area contributed by atoms with Crippen LogP contribution in [0.15, 0.2) is 46.8 Å². The fourth-order valence-electron chi connectivity index (χ4n) is 3.53. The van der Waals surface area contributed by atoms with E-state index in [4.69, 9.17) is 0 Å². The van der Waals surface area contributed by atoms with Crippen LogP contribution in [0.25, 0.3) is 10.9 Å². The van der Waals surface area contributed by atoms with Crippen LogP contribution >= 0.6 is 11.3 Å². The lowest BCUT2D eigenvalue weighted by molar-refractivity contribution is -0.132. The van der Waals surface area contributed by atoms with Crippen molar-refractivity contribution < 1.29 is 4.79 Å². The Hall–Kier alpha value is -2.47. The first kappa shape index (κ1) is 16.0. The summed E-state index contributed by atoms with van der Waals surface area (Å²) in [6, 6.07) is 9.77. The molecule has 1 aromatic carbocycles. The standard InChI is InChI=1S/C19H19N3O2S/c1-13-5-2-6-14-18(13)20-12-21(19(14)24)11-17(23)22-9-3-7-15(22)16-8-4-10-25-16/h2,4-6,8,10,12,15H,3,7,9,11H2,1H3/t15-/m0/s1. The maximum absolute atomic E-state index is 12.8. The number of fused-ring (bicyclic) bond motifs is 1. The maximum atomic E-state index is 12.8. The first-order valence-electron chi connectivity index (χ1n) is 8.43. The second-order valence-electron chi connectivity index (χ2n) is 6.41. The number of carbonyl (C=O) groups excluding carboxylic acids is 1. The SMILES string of the molecule is Cc1cccc2c(=O)n(CC(=O)N3CCC[C@H]3c3cccs3)cnc12. The topological polar surface area (TPSA) is 55.2 Å². The third-order valence-electron chi connectivity index (χ3n) is 4.81. The smallest absolute Gasteiger partial charge is 0.261 e. The Morgan fingerprint density at radius 3 is 3.00 bits per heavy atom. The van der Waals surface area contributed by atoms with Crippen LogP contribution < -0.4 is 5.56 Å². The van der Waals surface area contributed by atoms with Crippen LogP contribution in [0.1, 0.15) is 29.3 Å². The first-order chi connectivity index (χ1) is 12.1. The van der Waals surface area contributed by atoms with Crippen LogP contribution in [0.3, 0.4) is 0 Å². The molecule has 0 bridgehead atoms. The minimum atomic E-state index is -0.158. The zero-order valence-electron chi connectivity index (χ0n) is 14.0. The number of hydrogen-bond donors (Lipinski definition) is 0. The predicted molar refractivity (Wildman–Crippen MR) is 98.7 cm³/mol. The number of thiophene rings is 1. The molecule has 1 saturated heterocycles. The molecule has 1 aliphatic heterocycles. The summed E-state index contributed by atoms with van der Waals surface area (Å²) in [5.74, 6) is -0.0215. The fraction of sp³-hybridized carbons (Fsp3) is 0.316. The average Bonchev–Trinajstić information content (AvgIpc) is 3.28. The molecule has 3 heterocycles.